The Labute approximate surface area is 148 Å². The van der Waals surface area contributed by atoms with Gasteiger partial charge in [-0.2, -0.15) is 0 Å². The zero-order chi connectivity index (χ0) is 18.2. The van der Waals surface area contributed by atoms with Gasteiger partial charge in [-0.1, -0.05) is 37.3 Å². The first-order valence-corrected chi connectivity index (χ1v) is 8.54. The van der Waals surface area contributed by atoms with Crippen LogP contribution in [0.3, 0.4) is 0 Å². The number of carbonyl (C=O) groups excluding carboxylic acids is 2. The second kappa shape index (κ2) is 8.87. The largest absolute Gasteiger partial charge is 0.399 e. The number of nitrogens with two attached hydrogens (primary N) is 1. The van der Waals surface area contributed by atoms with Crippen molar-refractivity contribution in [2.24, 2.45) is 0 Å². The normalized spacial score (nSPS) is 11.6. The van der Waals surface area contributed by atoms with E-state index in [4.69, 9.17) is 5.73 Å². The maximum Gasteiger partial charge on any atom is 0.253 e. The predicted octanol–water partition coefficient (Wildman–Crippen LogP) is 3.37. The topological polar surface area (TPSA) is 84.2 Å². The third-order valence-electron chi connectivity index (χ3n) is 4.11. The summed E-state index contributed by atoms with van der Waals surface area (Å²) in [4.78, 5) is 24.6. The lowest BCUT2D eigenvalue weighted by Crippen LogP contribution is -2.32. The second-order valence-corrected chi connectivity index (χ2v) is 6.08. The Morgan fingerprint density at radius 2 is 1.76 bits per heavy atom. The molecule has 4 N–H and O–H groups in total. The Morgan fingerprint density at radius 1 is 1.08 bits per heavy atom. The standard InChI is InChI=1S/C20H25N3O2/c1-3-14(2)22-20(25)16-9-5-7-11-18(16)23-19(24)13-12-15-8-4-6-10-17(15)21/h4-11,14H,3,12-13,21H2,1-2H3,(H,22,25)(H,23,24). The van der Waals surface area contributed by atoms with Gasteiger partial charge in [-0.05, 0) is 43.5 Å². The molecule has 0 saturated heterocycles. The summed E-state index contributed by atoms with van der Waals surface area (Å²) in [5, 5.41) is 5.75. The molecule has 0 aliphatic rings. The molecule has 0 aromatic heterocycles. The fourth-order valence-electron chi connectivity index (χ4n) is 2.42. The molecule has 1 unspecified atom stereocenters. The van der Waals surface area contributed by atoms with Crippen LogP contribution >= 0.6 is 0 Å². The first-order chi connectivity index (χ1) is 12.0. The molecule has 2 aromatic rings. The average molecular weight is 339 g/mol. The van der Waals surface area contributed by atoms with Gasteiger partial charge in [0.25, 0.3) is 5.91 Å². The number of rotatable bonds is 7. The summed E-state index contributed by atoms with van der Waals surface area (Å²) in [6.45, 7) is 3.96. The van der Waals surface area contributed by atoms with Crippen LogP contribution in [-0.2, 0) is 11.2 Å². The first-order valence-electron chi connectivity index (χ1n) is 8.54. The minimum atomic E-state index is -0.183. The number of hydrogen-bond donors (Lipinski definition) is 3. The highest BCUT2D eigenvalue weighted by Gasteiger charge is 2.14. The van der Waals surface area contributed by atoms with Gasteiger partial charge >= 0.3 is 0 Å². The Hall–Kier alpha value is -2.82. The summed E-state index contributed by atoms with van der Waals surface area (Å²) < 4.78 is 0. The lowest BCUT2D eigenvalue weighted by Gasteiger charge is -2.14. The number of amides is 2. The van der Waals surface area contributed by atoms with Crippen LogP contribution in [0.2, 0.25) is 0 Å². The van der Waals surface area contributed by atoms with E-state index >= 15 is 0 Å². The maximum atomic E-state index is 12.4. The number of nitrogens with one attached hydrogen (secondary N) is 2. The van der Waals surface area contributed by atoms with Crippen molar-refractivity contribution in [3.05, 3.63) is 59.7 Å². The monoisotopic (exact) mass is 339 g/mol. The van der Waals surface area contributed by atoms with Gasteiger partial charge in [0.2, 0.25) is 5.91 Å². The fraction of sp³-hybridized carbons (Fsp3) is 0.300. The molecule has 2 aromatic carbocycles. The molecule has 1 atom stereocenters. The molecule has 5 heteroatoms. The van der Waals surface area contributed by atoms with Gasteiger partial charge in [0.1, 0.15) is 0 Å². The molecule has 2 amide bonds. The predicted molar refractivity (Wildman–Crippen MR) is 101 cm³/mol. The molecule has 0 heterocycles. The second-order valence-electron chi connectivity index (χ2n) is 6.08. The first kappa shape index (κ1) is 18.5. The van der Waals surface area contributed by atoms with Gasteiger partial charge in [0, 0.05) is 18.2 Å². The number of hydrogen-bond acceptors (Lipinski definition) is 3. The smallest absolute Gasteiger partial charge is 0.253 e. The molecule has 0 bridgehead atoms. The van der Waals surface area contributed by atoms with Crippen LogP contribution in [-0.4, -0.2) is 17.9 Å². The van der Waals surface area contributed by atoms with Crippen molar-refractivity contribution in [1.82, 2.24) is 5.32 Å². The van der Waals surface area contributed by atoms with Crippen molar-refractivity contribution in [2.75, 3.05) is 11.1 Å². The summed E-state index contributed by atoms with van der Waals surface area (Å²) in [7, 11) is 0. The van der Waals surface area contributed by atoms with Crippen LogP contribution in [0.1, 0.15) is 42.6 Å². The number of carbonyl (C=O) groups is 2. The molecular weight excluding hydrogens is 314 g/mol. The maximum absolute atomic E-state index is 12.4. The Kier molecular flexibility index (Phi) is 6.57. The van der Waals surface area contributed by atoms with E-state index in [-0.39, 0.29) is 17.9 Å². The zero-order valence-electron chi connectivity index (χ0n) is 14.7. The van der Waals surface area contributed by atoms with Gasteiger partial charge < -0.3 is 16.4 Å². The van der Waals surface area contributed by atoms with Crippen molar-refractivity contribution < 1.29 is 9.59 Å². The van der Waals surface area contributed by atoms with Crippen molar-refractivity contribution in [2.45, 2.75) is 39.2 Å². The van der Waals surface area contributed by atoms with Crippen molar-refractivity contribution in [1.29, 1.82) is 0 Å². The third-order valence-corrected chi connectivity index (χ3v) is 4.11. The van der Waals surface area contributed by atoms with Gasteiger partial charge in [0.15, 0.2) is 0 Å². The highest BCUT2D eigenvalue weighted by atomic mass is 16.2. The summed E-state index contributed by atoms with van der Waals surface area (Å²) in [5.41, 5.74) is 8.52. The number of aryl methyl sites for hydroxylation is 1. The molecule has 2 rings (SSSR count). The van der Waals surface area contributed by atoms with E-state index in [0.29, 0.717) is 29.8 Å². The molecular formula is C20H25N3O2. The minimum absolute atomic E-state index is 0.0808. The van der Waals surface area contributed by atoms with E-state index in [2.05, 4.69) is 10.6 Å². The zero-order valence-corrected chi connectivity index (χ0v) is 14.7. The van der Waals surface area contributed by atoms with Gasteiger partial charge in [-0.3, -0.25) is 9.59 Å². The van der Waals surface area contributed by atoms with Crippen molar-refractivity contribution in [3.63, 3.8) is 0 Å². The van der Waals surface area contributed by atoms with Gasteiger partial charge in [-0.15, -0.1) is 0 Å². The van der Waals surface area contributed by atoms with E-state index in [1.807, 2.05) is 38.1 Å². The van der Waals surface area contributed by atoms with E-state index in [0.717, 1.165) is 12.0 Å². The van der Waals surface area contributed by atoms with Crippen LogP contribution in [0.25, 0.3) is 0 Å². The Bertz CT molecular complexity index is 743. The summed E-state index contributed by atoms with van der Waals surface area (Å²) in [5.74, 6) is -0.329. The van der Waals surface area contributed by atoms with Crippen LogP contribution < -0.4 is 16.4 Å². The van der Waals surface area contributed by atoms with Crippen LogP contribution in [0, 0.1) is 0 Å². The van der Waals surface area contributed by atoms with Gasteiger partial charge in [0.05, 0.1) is 11.3 Å². The quantitative estimate of drug-likeness (QED) is 0.676. The van der Waals surface area contributed by atoms with E-state index in [1.165, 1.54) is 0 Å². The van der Waals surface area contributed by atoms with Crippen LogP contribution in [0.4, 0.5) is 11.4 Å². The van der Waals surface area contributed by atoms with Crippen molar-refractivity contribution in [3.8, 4) is 0 Å². The number of nitrogen functional groups attached to an aromatic ring is 1. The molecule has 0 radical (unpaired) electrons. The highest BCUT2D eigenvalue weighted by molar-refractivity contribution is 6.03. The lowest BCUT2D eigenvalue weighted by atomic mass is 10.1. The number of anilines is 2. The molecule has 0 spiro atoms. The van der Waals surface area contributed by atoms with E-state index in [1.54, 1.807) is 24.3 Å². The molecule has 25 heavy (non-hydrogen) atoms. The minimum Gasteiger partial charge on any atom is -0.399 e. The van der Waals surface area contributed by atoms with Crippen molar-refractivity contribution >= 4 is 23.2 Å². The van der Waals surface area contributed by atoms with Crippen LogP contribution in [0.15, 0.2) is 48.5 Å². The third kappa shape index (κ3) is 5.35. The summed E-state index contributed by atoms with van der Waals surface area (Å²) in [6, 6.07) is 14.6. The molecule has 5 nitrogen and oxygen atoms in total. The Balaban J connectivity index is 2.01. The lowest BCUT2D eigenvalue weighted by molar-refractivity contribution is -0.116. The SMILES string of the molecule is CCC(C)NC(=O)c1ccccc1NC(=O)CCc1ccccc1N. The molecule has 0 saturated carbocycles. The number of para-hydroxylation sites is 2. The molecule has 0 aliphatic carbocycles. The van der Waals surface area contributed by atoms with Crippen LogP contribution in [0.5, 0.6) is 0 Å². The highest BCUT2D eigenvalue weighted by Crippen LogP contribution is 2.17. The average Bonchev–Trinajstić information content (AvgIpc) is 2.61. The molecule has 0 aliphatic heterocycles. The molecule has 132 valence electrons. The fourth-order valence-corrected chi connectivity index (χ4v) is 2.42. The Morgan fingerprint density at radius 3 is 2.48 bits per heavy atom. The van der Waals surface area contributed by atoms with Gasteiger partial charge in [-0.25, -0.2) is 0 Å². The summed E-state index contributed by atoms with van der Waals surface area (Å²) >= 11 is 0. The number of benzene rings is 2. The molecule has 0 fully saturated rings. The summed E-state index contributed by atoms with van der Waals surface area (Å²) in [6.07, 6.45) is 1.70. The van der Waals surface area contributed by atoms with E-state index < -0.39 is 0 Å². The van der Waals surface area contributed by atoms with E-state index in [9.17, 15) is 9.59 Å².